The minimum absolute atomic E-state index is 0.119. The van der Waals surface area contributed by atoms with E-state index >= 15 is 0 Å². The van der Waals surface area contributed by atoms with Crippen molar-refractivity contribution >= 4 is 40.1 Å². The van der Waals surface area contributed by atoms with Gasteiger partial charge in [-0.1, -0.05) is 31.7 Å². The summed E-state index contributed by atoms with van der Waals surface area (Å²) in [6.07, 6.45) is 0. The zero-order chi connectivity index (χ0) is 18.0. The number of carbonyl (C=O) groups is 1. The van der Waals surface area contributed by atoms with Crippen LogP contribution in [-0.2, 0) is 5.75 Å². The largest absolute Gasteiger partial charge is 0.431 e. The number of thioether (sulfide) groups is 1. The molecule has 3 aromatic rings. The smallest absolute Gasteiger partial charge is 0.270 e. The molecule has 0 saturated heterocycles. The number of benzene rings is 1. The number of nitrogens with zero attached hydrogens (tertiary/aromatic N) is 2. The summed E-state index contributed by atoms with van der Waals surface area (Å²) in [4.78, 5) is 21.1. The summed E-state index contributed by atoms with van der Waals surface area (Å²) in [6, 6.07) is 6.06. The van der Waals surface area contributed by atoms with Gasteiger partial charge in [0.25, 0.3) is 11.1 Å². The fraction of sp³-hybridized carbons (Fsp3) is 0.389. The summed E-state index contributed by atoms with van der Waals surface area (Å²) in [5, 5.41) is 6.27. The Morgan fingerprint density at radius 1 is 1.32 bits per heavy atom. The Kier molecular flexibility index (Phi) is 5.44. The van der Waals surface area contributed by atoms with Gasteiger partial charge in [-0.15, -0.1) is 11.3 Å². The van der Waals surface area contributed by atoms with Crippen LogP contribution in [0.15, 0.2) is 33.2 Å². The van der Waals surface area contributed by atoms with Crippen molar-refractivity contribution in [3.63, 3.8) is 0 Å². The van der Waals surface area contributed by atoms with Crippen LogP contribution in [0.4, 0.5) is 0 Å². The highest BCUT2D eigenvalue weighted by Gasteiger charge is 2.16. The van der Waals surface area contributed by atoms with Gasteiger partial charge in [-0.2, -0.15) is 0 Å². The van der Waals surface area contributed by atoms with E-state index in [4.69, 9.17) is 4.42 Å². The van der Waals surface area contributed by atoms with E-state index in [1.54, 1.807) is 5.38 Å². The first-order valence-corrected chi connectivity index (χ1v) is 10.0. The zero-order valence-electron chi connectivity index (χ0n) is 14.7. The number of rotatable bonds is 6. The van der Waals surface area contributed by atoms with Crippen LogP contribution in [0, 0.1) is 12.8 Å². The third-order valence-corrected chi connectivity index (χ3v) is 5.86. The van der Waals surface area contributed by atoms with E-state index < -0.39 is 0 Å². The van der Waals surface area contributed by atoms with Crippen LogP contribution in [0.5, 0.6) is 0 Å². The van der Waals surface area contributed by atoms with Crippen molar-refractivity contribution in [2.24, 2.45) is 5.92 Å². The average molecular weight is 376 g/mol. The van der Waals surface area contributed by atoms with E-state index in [0.29, 0.717) is 22.6 Å². The number of carbonyl (C=O) groups excluding carboxylic acids is 1. The molecule has 0 aliphatic rings. The molecule has 0 aliphatic carbocycles. The number of fused-ring (bicyclic) bond motifs is 1. The predicted octanol–water partition coefficient (Wildman–Crippen LogP) is 4.66. The molecule has 0 aliphatic heterocycles. The molecule has 0 spiro atoms. The Hall–Kier alpha value is -1.86. The van der Waals surface area contributed by atoms with Crippen LogP contribution in [0.3, 0.4) is 0 Å². The molecule has 132 valence electrons. The van der Waals surface area contributed by atoms with Crippen molar-refractivity contribution in [3.05, 3.63) is 39.8 Å². The molecule has 1 amide bonds. The van der Waals surface area contributed by atoms with E-state index in [9.17, 15) is 4.79 Å². The zero-order valence-corrected chi connectivity index (χ0v) is 16.3. The third-order valence-electron chi connectivity index (χ3n) is 3.99. The van der Waals surface area contributed by atoms with Crippen LogP contribution in [0.25, 0.3) is 11.1 Å². The summed E-state index contributed by atoms with van der Waals surface area (Å²) in [6.45, 7) is 8.19. The Morgan fingerprint density at radius 3 is 2.88 bits per heavy atom. The number of hydrogen-bond acceptors (Lipinski definition) is 6. The third kappa shape index (κ3) is 4.41. The topological polar surface area (TPSA) is 68.0 Å². The summed E-state index contributed by atoms with van der Waals surface area (Å²) < 4.78 is 5.73. The molecule has 1 atom stereocenters. The standard InChI is InChI=1S/C18H21N3O2S2/c1-10(2)12(4)19-17(22)14-8-24-16(20-14)9-25-18-21-13-7-11(3)5-6-15(13)23-18/h5-8,10,12H,9H2,1-4H3,(H,19,22)/t12-/m1/s1. The van der Waals surface area contributed by atoms with Crippen LogP contribution in [-0.4, -0.2) is 21.9 Å². The first-order chi connectivity index (χ1) is 11.9. The van der Waals surface area contributed by atoms with Crippen LogP contribution < -0.4 is 5.32 Å². The second-order valence-corrected chi connectivity index (χ2v) is 8.24. The number of aromatic nitrogens is 2. The molecule has 7 heteroatoms. The molecule has 2 aromatic heterocycles. The first kappa shape index (κ1) is 17.9. The lowest BCUT2D eigenvalue weighted by atomic mass is 10.1. The van der Waals surface area contributed by atoms with Crippen molar-refractivity contribution < 1.29 is 9.21 Å². The van der Waals surface area contributed by atoms with Gasteiger partial charge in [-0.05, 0) is 37.5 Å². The highest BCUT2D eigenvalue weighted by Crippen LogP contribution is 2.27. The molecule has 0 fully saturated rings. The minimum atomic E-state index is -0.119. The SMILES string of the molecule is Cc1ccc2oc(SCc3nc(C(=O)N[C@H](C)C(C)C)cs3)nc2c1. The minimum Gasteiger partial charge on any atom is -0.431 e. The number of nitrogens with one attached hydrogen (secondary N) is 1. The average Bonchev–Trinajstić information content (AvgIpc) is 3.18. The van der Waals surface area contributed by atoms with Gasteiger partial charge in [0.2, 0.25) is 0 Å². The van der Waals surface area contributed by atoms with Gasteiger partial charge < -0.3 is 9.73 Å². The van der Waals surface area contributed by atoms with E-state index in [2.05, 4.69) is 29.1 Å². The monoisotopic (exact) mass is 375 g/mol. The van der Waals surface area contributed by atoms with Crippen molar-refractivity contribution in [2.45, 2.75) is 44.7 Å². The highest BCUT2D eigenvalue weighted by atomic mass is 32.2. The lowest BCUT2D eigenvalue weighted by Gasteiger charge is -2.16. The molecule has 0 radical (unpaired) electrons. The maximum Gasteiger partial charge on any atom is 0.270 e. The Bertz CT molecular complexity index is 885. The predicted molar refractivity (Wildman–Crippen MR) is 102 cm³/mol. The molecule has 0 saturated carbocycles. The number of amides is 1. The quantitative estimate of drug-likeness (QED) is 0.635. The second kappa shape index (κ2) is 7.58. The number of oxazole rings is 1. The fourth-order valence-electron chi connectivity index (χ4n) is 2.13. The summed E-state index contributed by atoms with van der Waals surface area (Å²) in [5.74, 6) is 0.898. The summed E-state index contributed by atoms with van der Waals surface area (Å²) in [7, 11) is 0. The second-order valence-electron chi connectivity index (χ2n) is 6.37. The van der Waals surface area contributed by atoms with E-state index in [-0.39, 0.29) is 11.9 Å². The Morgan fingerprint density at radius 2 is 2.12 bits per heavy atom. The Labute approximate surface area is 155 Å². The van der Waals surface area contributed by atoms with Gasteiger partial charge >= 0.3 is 0 Å². The molecule has 1 N–H and O–H groups in total. The van der Waals surface area contributed by atoms with Crippen molar-refractivity contribution in [3.8, 4) is 0 Å². The normalized spacial score (nSPS) is 12.7. The fourth-order valence-corrected chi connectivity index (χ4v) is 3.76. The van der Waals surface area contributed by atoms with Crippen molar-refractivity contribution in [1.82, 2.24) is 15.3 Å². The van der Waals surface area contributed by atoms with Gasteiger partial charge in [0.15, 0.2) is 5.58 Å². The van der Waals surface area contributed by atoms with Crippen LogP contribution >= 0.6 is 23.1 Å². The van der Waals surface area contributed by atoms with Gasteiger partial charge in [0.05, 0.1) is 5.75 Å². The molecule has 0 unspecified atom stereocenters. The summed E-state index contributed by atoms with van der Waals surface area (Å²) in [5.41, 5.74) is 3.28. The number of aryl methyl sites for hydroxylation is 1. The molecule has 5 nitrogen and oxygen atoms in total. The molecule has 25 heavy (non-hydrogen) atoms. The lowest BCUT2D eigenvalue weighted by molar-refractivity contribution is 0.0926. The van der Waals surface area contributed by atoms with E-state index in [1.165, 1.54) is 23.1 Å². The maximum atomic E-state index is 12.2. The van der Waals surface area contributed by atoms with Crippen LogP contribution in [0.1, 0.15) is 41.8 Å². The molecular formula is C18H21N3O2S2. The van der Waals surface area contributed by atoms with Gasteiger partial charge in [-0.25, -0.2) is 9.97 Å². The lowest BCUT2D eigenvalue weighted by Crippen LogP contribution is -2.36. The number of thiazole rings is 1. The summed E-state index contributed by atoms with van der Waals surface area (Å²) >= 11 is 2.97. The molecule has 1 aromatic carbocycles. The van der Waals surface area contributed by atoms with Gasteiger partial charge in [0, 0.05) is 11.4 Å². The molecule has 3 rings (SSSR count). The first-order valence-electron chi connectivity index (χ1n) is 8.17. The van der Waals surface area contributed by atoms with E-state index in [1.807, 2.05) is 32.0 Å². The van der Waals surface area contributed by atoms with Crippen molar-refractivity contribution in [1.29, 1.82) is 0 Å². The van der Waals surface area contributed by atoms with Gasteiger partial charge in [0.1, 0.15) is 16.2 Å². The molecule has 2 heterocycles. The van der Waals surface area contributed by atoms with Crippen molar-refractivity contribution in [2.75, 3.05) is 0 Å². The Balaban J connectivity index is 1.62. The highest BCUT2D eigenvalue weighted by molar-refractivity contribution is 7.98. The maximum absolute atomic E-state index is 12.2. The van der Waals surface area contributed by atoms with Gasteiger partial charge in [-0.3, -0.25) is 4.79 Å². The van der Waals surface area contributed by atoms with Crippen LogP contribution in [0.2, 0.25) is 0 Å². The molecular weight excluding hydrogens is 354 g/mol. The molecule has 0 bridgehead atoms. The van der Waals surface area contributed by atoms with E-state index in [0.717, 1.165) is 21.7 Å². The number of hydrogen-bond donors (Lipinski definition) is 1.